The first-order valence-corrected chi connectivity index (χ1v) is 10.1. The monoisotopic (exact) mass is 445 g/mol. The summed E-state index contributed by atoms with van der Waals surface area (Å²) >= 11 is 0. The molecular weight excluding hydrogens is 420 g/mol. The highest BCUT2D eigenvalue weighted by atomic mass is 19.1. The number of nitrogen functional groups attached to an aromatic ring is 1. The summed E-state index contributed by atoms with van der Waals surface area (Å²) in [4.78, 5) is 15.0. The number of hydrogen-bond donors (Lipinski definition) is 1. The van der Waals surface area contributed by atoms with E-state index in [2.05, 4.69) is 21.9 Å². The number of anilines is 2. The third kappa shape index (κ3) is 3.75. The van der Waals surface area contributed by atoms with Crippen LogP contribution in [0.15, 0.2) is 18.3 Å². The number of hydrogen-bond acceptors (Lipinski definition) is 8. The van der Waals surface area contributed by atoms with Crippen LogP contribution in [-0.2, 0) is 4.74 Å². The van der Waals surface area contributed by atoms with Crippen molar-refractivity contribution in [2.24, 2.45) is 0 Å². The topological polar surface area (TPSA) is 95.6 Å². The van der Waals surface area contributed by atoms with Gasteiger partial charge in [-0.1, -0.05) is 0 Å². The smallest absolute Gasteiger partial charge is 0.220 e. The van der Waals surface area contributed by atoms with Gasteiger partial charge in [-0.3, -0.25) is 0 Å². The van der Waals surface area contributed by atoms with Gasteiger partial charge in [0.05, 0.1) is 31.1 Å². The zero-order chi connectivity index (χ0) is 23.0. The lowest BCUT2D eigenvalue weighted by Crippen LogP contribution is -2.44. The van der Waals surface area contributed by atoms with E-state index in [0.717, 1.165) is 18.9 Å². The molecule has 0 aliphatic carbocycles. The van der Waals surface area contributed by atoms with E-state index < -0.39 is 11.6 Å². The van der Waals surface area contributed by atoms with Crippen LogP contribution in [-0.4, -0.2) is 55.0 Å². The quantitative estimate of drug-likeness (QED) is 0.637. The Morgan fingerprint density at radius 2 is 1.62 bits per heavy atom. The molecule has 0 atom stereocenters. The largest absolute Gasteiger partial charge is 0.494 e. The van der Waals surface area contributed by atoms with E-state index in [9.17, 15) is 0 Å². The molecule has 0 spiro atoms. The van der Waals surface area contributed by atoms with Gasteiger partial charge in [0.2, 0.25) is 5.95 Å². The first-order valence-electron chi connectivity index (χ1n) is 10.1. The van der Waals surface area contributed by atoms with E-state index in [1.165, 1.54) is 26.5 Å². The second-order valence-corrected chi connectivity index (χ2v) is 7.92. The molecular formula is C22H25F2N5O3. The van der Waals surface area contributed by atoms with Crippen molar-refractivity contribution in [2.75, 3.05) is 45.1 Å². The number of nitrogens with zero attached hydrogens (tertiary/aromatic N) is 4. The van der Waals surface area contributed by atoms with Crippen LogP contribution < -0.4 is 20.1 Å². The first kappa shape index (κ1) is 21.9. The molecule has 0 saturated carbocycles. The van der Waals surface area contributed by atoms with Crippen LogP contribution in [0.2, 0.25) is 0 Å². The average molecular weight is 445 g/mol. The molecule has 0 amide bonds. The fourth-order valence-electron chi connectivity index (χ4n) is 3.89. The van der Waals surface area contributed by atoms with Crippen molar-refractivity contribution >= 4 is 22.7 Å². The minimum absolute atomic E-state index is 0.0770. The number of ether oxygens (including phenoxy) is 3. The summed E-state index contributed by atoms with van der Waals surface area (Å²) in [6.45, 7) is 3.32. The molecule has 1 aromatic carbocycles. The Hall–Kier alpha value is -3.27. The Balaban J connectivity index is 1.91. The van der Waals surface area contributed by atoms with Gasteiger partial charge in [0.1, 0.15) is 5.52 Å². The standard InChI is InChI=1S/C22H25F2N5O3/c1-22(32-4)5-7-29(8-6-22)20-19-12(11-26-21(25)28-19)9-13(27-20)16-17(23)14(30-2)10-15(31-3)18(16)24/h9-11H,5-8H2,1-4H3,(H2,25,26,28). The van der Waals surface area contributed by atoms with Gasteiger partial charge >= 0.3 is 0 Å². The Labute approximate surface area is 184 Å². The van der Waals surface area contributed by atoms with Crippen LogP contribution in [0, 0.1) is 11.6 Å². The molecule has 1 saturated heterocycles. The van der Waals surface area contributed by atoms with Crippen molar-refractivity contribution in [2.45, 2.75) is 25.4 Å². The van der Waals surface area contributed by atoms with E-state index in [0.29, 0.717) is 29.8 Å². The van der Waals surface area contributed by atoms with Gasteiger partial charge in [-0.25, -0.2) is 23.7 Å². The zero-order valence-corrected chi connectivity index (χ0v) is 18.4. The van der Waals surface area contributed by atoms with Crippen LogP contribution in [0.25, 0.3) is 22.2 Å². The molecule has 1 aliphatic heterocycles. The van der Waals surface area contributed by atoms with Gasteiger partial charge < -0.3 is 24.8 Å². The highest BCUT2D eigenvalue weighted by Gasteiger charge is 2.32. The highest BCUT2D eigenvalue weighted by Crippen LogP contribution is 2.39. The van der Waals surface area contributed by atoms with Crippen LogP contribution >= 0.6 is 0 Å². The second-order valence-electron chi connectivity index (χ2n) is 7.92. The normalized spacial score (nSPS) is 15.8. The average Bonchev–Trinajstić information content (AvgIpc) is 2.79. The minimum atomic E-state index is -0.870. The number of halogens is 2. The number of benzene rings is 1. The molecule has 4 rings (SSSR count). The predicted octanol–water partition coefficient (Wildman–Crippen LogP) is 3.57. The maximum Gasteiger partial charge on any atom is 0.220 e. The van der Waals surface area contributed by atoms with E-state index in [4.69, 9.17) is 19.9 Å². The maximum absolute atomic E-state index is 15.2. The van der Waals surface area contributed by atoms with Crippen LogP contribution in [0.3, 0.4) is 0 Å². The summed E-state index contributed by atoms with van der Waals surface area (Å²) < 4.78 is 46.1. The van der Waals surface area contributed by atoms with E-state index in [1.54, 1.807) is 7.11 Å². The molecule has 8 nitrogen and oxygen atoms in total. The number of methoxy groups -OCH3 is 3. The minimum Gasteiger partial charge on any atom is -0.494 e. The molecule has 0 unspecified atom stereocenters. The fraction of sp³-hybridized carbons (Fsp3) is 0.409. The summed E-state index contributed by atoms with van der Waals surface area (Å²) in [6, 6.07) is 2.69. The van der Waals surface area contributed by atoms with Crippen molar-refractivity contribution in [3.63, 3.8) is 0 Å². The van der Waals surface area contributed by atoms with Gasteiger partial charge in [-0.05, 0) is 25.8 Å². The van der Waals surface area contributed by atoms with Crippen molar-refractivity contribution in [3.05, 3.63) is 30.0 Å². The highest BCUT2D eigenvalue weighted by molar-refractivity contribution is 5.92. The second kappa shape index (κ2) is 8.34. The number of aromatic nitrogens is 3. The lowest BCUT2D eigenvalue weighted by Gasteiger charge is -2.39. The van der Waals surface area contributed by atoms with Gasteiger partial charge in [-0.2, -0.15) is 0 Å². The van der Waals surface area contributed by atoms with E-state index in [-0.39, 0.29) is 34.3 Å². The third-order valence-electron chi connectivity index (χ3n) is 6.01. The number of pyridine rings is 1. The lowest BCUT2D eigenvalue weighted by atomic mass is 9.93. The molecule has 170 valence electrons. The van der Waals surface area contributed by atoms with Crippen molar-refractivity contribution < 1.29 is 23.0 Å². The third-order valence-corrected chi connectivity index (χ3v) is 6.01. The van der Waals surface area contributed by atoms with Crippen molar-refractivity contribution in [3.8, 4) is 22.8 Å². The molecule has 0 bridgehead atoms. The maximum atomic E-state index is 15.2. The molecule has 2 aromatic heterocycles. The number of nitrogens with two attached hydrogens (primary N) is 1. The molecule has 1 aliphatic rings. The molecule has 2 N–H and O–H groups in total. The summed E-state index contributed by atoms with van der Waals surface area (Å²) in [5.74, 6) is -1.47. The summed E-state index contributed by atoms with van der Waals surface area (Å²) in [5, 5.41) is 0.555. The van der Waals surface area contributed by atoms with Gasteiger partial charge in [0.15, 0.2) is 29.0 Å². The summed E-state index contributed by atoms with van der Waals surface area (Å²) in [5.41, 5.74) is 5.82. The molecule has 3 aromatic rings. The number of fused-ring (bicyclic) bond motifs is 1. The molecule has 32 heavy (non-hydrogen) atoms. The summed E-state index contributed by atoms with van der Waals surface area (Å²) in [7, 11) is 4.30. The zero-order valence-electron chi connectivity index (χ0n) is 18.4. The van der Waals surface area contributed by atoms with Crippen LogP contribution in [0.1, 0.15) is 19.8 Å². The number of rotatable bonds is 5. The fourth-order valence-corrected chi connectivity index (χ4v) is 3.89. The Morgan fingerprint density at radius 3 is 2.19 bits per heavy atom. The van der Waals surface area contributed by atoms with E-state index in [1.807, 2.05) is 4.90 Å². The van der Waals surface area contributed by atoms with Gasteiger partial charge in [-0.15, -0.1) is 0 Å². The van der Waals surface area contributed by atoms with Crippen molar-refractivity contribution in [1.29, 1.82) is 0 Å². The van der Waals surface area contributed by atoms with Crippen molar-refractivity contribution in [1.82, 2.24) is 15.0 Å². The van der Waals surface area contributed by atoms with Gasteiger partial charge in [0, 0.05) is 37.8 Å². The summed E-state index contributed by atoms with van der Waals surface area (Å²) in [6.07, 6.45) is 3.03. The van der Waals surface area contributed by atoms with Crippen LogP contribution in [0.5, 0.6) is 11.5 Å². The Kier molecular flexibility index (Phi) is 5.72. The first-order chi connectivity index (χ1) is 15.3. The Morgan fingerprint density at radius 1 is 1.00 bits per heavy atom. The van der Waals surface area contributed by atoms with E-state index >= 15 is 8.78 Å². The molecule has 3 heterocycles. The number of piperidine rings is 1. The van der Waals surface area contributed by atoms with Gasteiger partial charge in [0.25, 0.3) is 0 Å². The van der Waals surface area contributed by atoms with Crippen LogP contribution in [0.4, 0.5) is 20.5 Å². The molecule has 10 heteroatoms. The molecule has 0 radical (unpaired) electrons. The SMILES string of the molecule is COc1cc(OC)c(F)c(-c2cc3cnc(N)nc3c(N3CCC(C)(OC)CC3)n2)c1F. The predicted molar refractivity (Wildman–Crippen MR) is 117 cm³/mol. The Bertz CT molecular complexity index is 1140. The lowest BCUT2D eigenvalue weighted by molar-refractivity contribution is -0.0133. The molecule has 1 fully saturated rings.